The minimum Gasteiger partial charge on any atom is -0.302 e. The summed E-state index contributed by atoms with van der Waals surface area (Å²) in [5.41, 5.74) is 0. The van der Waals surface area contributed by atoms with Crippen molar-refractivity contribution in [2.75, 3.05) is 5.75 Å². The van der Waals surface area contributed by atoms with Crippen LogP contribution < -0.4 is 0 Å². The molecule has 3 nitrogen and oxygen atoms in total. The van der Waals surface area contributed by atoms with Crippen molar-refractivity contribution in [3.63, 3.8) is 0 Å². The standard InChI is InChI=1S/C6H12O3S/c1-3-6(5-7)10(8,9)4-2/h5-6H,3-4H2,1-2H3. The van der Waals surface area contributed by atoms with Crippen molar-refractivity contribution in [3.05, 3.63) is 0 Å². The second-order valence-electron chi connectivity index (χ2n) is 2.03. The van der Waals surface area contributed by atoms with Crippen LogP contribution in [0.5, 0.6) is 0 Å². The molecule has 60 valence electrons. The highest BCUT2D eigenvalue weighted by atomic mass is 32.2. The molecule has 0 rings (SSSR count). The molecule has 0 saturated carbocycles. The third kappa shape index (κ3) is 2.10. The van der Waals surface area contributed by atoms with Gasteiger partial charge in [-0.05, 0) is 6.42 Å². The maximum absolute atomic E-state index is 10.9. The van der Waals surface area contributed by atoms with Gasteiger partial charge in [-0.1, -0.05) is 13.8 Å². The molecule has 0 aliphatic carbocycles. The van der Waals surface area contributed by atoms with Gasteiger partial charge in [-0.3, -0.25) is 0 Å². The summed E-state index contributed by atoms with van der Waals surface area (Å²) in [5.74, 6) is 0.0459. The fraction of sp³-hybridized carbons (Fsp3) is 0.833. The quantitative estimate of drug-likeness (QED) is 0.565. The van der Waals surface area contributed by atoms with Gasteiger partial charge in [-0.2, -0.15) is 0 Å². The van der Waals surface area contributed by atoms with Crippen LogP contribution in [0.2, 0.25) is 0 Å². The van der Waals surface area contributed by atoms with Crippen molar-refractivity contribution in [3.8, 4) is 0 Å². The minimum absolute atomic E-state index is 0.0459. The van der Waals surface area contributed by atoms with Crippen LogP contribution >= 0.6 is 0 Å². The van der Waals surface area contributed by atoms with E-state index >= 15 is 0 Å². The van der Waals surface area contributed by atoms with Crippen molar-refractivity contribution in [1.29, 1.82) is 0 Å². The van der Waals surface area contributed by atoms with E-state index in [1.165, 1.54) is 0 Å². The van der Waals surface area contributed by atoms with Gasteiger partial charge in [-0.15, -0.1) is 0 Å². The summed E-state index contributed by atoms with van der Waals surface area (Å²) >= 11 is 0. The monoisotopic (exact) mass is 164 g/mol. The first-order chi connectivity index (χ1) is 4.58. The van der Waals surface area contributed by atoms with Crippen LogP contribution in [0.25, 0.3) is 0 Å². The molecule has 1 unspecified atom stereocenters. The van der Waals surface area contributed by atoms with Crippen LogP contribution in [0, 0.1) is 0 Å². The molecule has 0 aromatic heterocycles. The van der Waals surface area contributed by atoms with Gasteiger partial charge in [0.15, 0.2) is 9.84 Å². The molecule has 0 heterocycles. The molecule has 0 spiro atoms. The zero-order valence-electron chi connectivity index (χ0n) is 6.20. The molecule has 0 saturated heterocycles. The van der Waals surface area contributed by atoms with E-state index in [4.69, 9.17) is 0 Å². The fourth-order valence-corrected chi connectivity index (χ4v) is 1.75. The highest BCUT2D eigenvalue weighted by molar-refractivity contribution is 7.92. The van der Waals surface area contributed by atoms with E-state index in [9.17, 15) is 13.2 Å². The lowest BCUT2D eigenvalue weighted by atomic mass is 10.4. The SMILES string of the molecule is CCC(C=O)S(=O)(=O)CC. The Balaban J connectivity index is 4.43. The van der Waals surface area contributed by atoms with Gasteiger partial charge in [-0.25, -0.2) is 8.42 Å². The van der Waals surface area contributed by atoms with Crippen molar-refractivity contribution >= 4 is 16.1 Å². The molecule has 0 aromatic rings. The Morgan fingerprint density at radius 1 is 1.40 bits per heavy atom. The Hall–Kier alpha value is -0.380. The summed E-state index contributed by atoms with van der Waals surface area (Å²) < 4.78 is 21.9. The molecular weight excluding hydrogens is 152 g/mol. The van der Waals surface area contributed by atoms with E-state index in [0.717, 1.165) is 0 Å². The van der Waals surface area contributed by atoms with Crippen LogP contribution in [0.1, 0.15) is 20.3 Å². The Bertz CT molecular complexity index is 193. The summed E-state index contributed by atoms with van der Waals surface area (Å²) in [6.07, 6.45) is 0.874. The molecule has 0 aliphatic heterocycles. The average Bonchev–Trinajstić information content (AvgIpc) is 1.90. The smallest absolute Gasteiger partial charge is 0.159 e. The van der Waals surface area contributed by atoms with E-state index in [0.29, 0.717) is 12.7 Å². The summed E-state index contributed by atoms with van der Waals surface area (Å²) in [7, 11) is -3.13. The zero-order valence-corrected chi connectivity index (χ0v) is 7.02. The molecule has 0 bridgehead atoms. The Labute approximate surface area is 61.4 Å². The molecule has 0 radical (unpaired) electrons. The molecular formula is C6H12O3S. The van der Waals surface area contributed by atoms with Crippen LogP contribution in [0.15, 0.2) is 0 Å². The van der Waals surface area contributed by atoms with Crippen molar-refractivity contribution in [2.24, 2.45) is 0 Å². The number of sulfone groups is 1. The van der Waals surface area contributed by atoms with Gasteiger partial charge in [0.05, 0.1) is 0 Å². The maximum Gasteiger partial charge on any atom is 0.159 e. The van der Waals surface area contributed by atoms with Gasteiger partial charge < -0.3 is 4.79 Å². The first-order valence-electron chi connectivity index (χ1n) is 3.25. The third-order valence-electron chi connectivity index (χ3n) is 1.42. The predicted molar refractivity (Wildman–Crippen MR) is 39.6 cm³/mol. The minimum atomic E-state index is -3.13. The van der Waals surface area contributed by atoms with Gasteiger partial charge in [0.1, 0.15) is 11.5 Å². The summed E-state index contributed by atoms with van der Waals surface area (Å²) in [6, 6.07) is 0. The van der Waals surface area contributed by atoms with Gasteiger partial charge in [0, 0.05) is 5.75 Å². The Morgan fingerprint density at radius 3 is 2.00 bits per heavy atom. The molecule has 1 atom stereocenters. The van der Waals surface area contributed by atoms with Crippen LogP contribution in [-0.2, 0) is 14.6 Å². The lowest BCUT2D eigenvalue weighted by Crippen LogP contribution is -2.23. The topological polar surface area (TPSA) is 51.2 Å². The second-order valence-corrected chi connectivity index (χ2v) is 4.54. The first-order valence-corrected chi connectivity index (χ1v) is 4.96. The molecule has 4 heteroatoms. The van der Waals surface area contributed by atoms with E-state index in [1.807, 2.05) is 0 Å². The normalized spacial score (nSPS) is 14.6. The second kappa shape index (κ2) is 3.71. The lowest BCUT2D eigenvalue weighted by molar-refractivity contribution is -0.107. The van der Waals surface area contributed by atoms with Crippen LogP contribution in [-0.4, -0.2) is 25.7 Å². The van der Waals surface area contributed by atoms with Crippen molar-refractivity contribution < 1.29 is 13.2 Å². The largest absolute Gasteiger partial charge is 0.302 e. The molecule has 0 N–H and O–H groups in total. The summed E-state index contributed by atoms with van der Waals surface area (Å²) in [5, 5.41) is -0.794. The summed E-state index contributed by atoms with van der Waals surface area (Å²) in [4.78, 5) is 10.2. The highest BCUT2D eigenvalue weighted by Crippen LogP contribution is 2.02. The Morgan fingerprint density at radius 2 is 1.90 bits per heavy atom. The van der Waals surface area contributed by atoms with Crippen molar-refractivity contribution in [2.45, 2.75) is 25.5 Å². The number of hydrogen-bond donors (Lipinski definition) is 0. The van der Waals surface area contributed by atoms with Crippen LogP contribution in [0.3, 0.4) is 0 Å². The van der Waals surface area contributed by atoms with Gasteiger partial charge >= 0.3 is 0 Å². The fourth-order valence-electron chi connectivity index (χ4n) is 0.649. The van der Waals surface area contributed by atoms with E-state index in [-0.39, 0.29) is 5.75 Å². The molecule has 10 heavy (non-hydrogen) atoms. The summed E-state index contributed by atoms with van der Waals surface area (Å²) in [6.45, 7) is 3.23. The van der Waals surface area contributed by atoms with Crippen molar-refractivity contribution in [1.82, 2.24) is 0 Å². The molecule has 0 amide bonds. The number of carbonyl (C=O) groups is 1. The van der Waals surface area contributed by atoms with Gasteiger partial charge in [0.2, 0.25) is 0 Å². The molecule has 0 aliphatic rings. The lowest BCUT2D eigenvalue weighted by Gasteiger charge is -2.04. The average molecular weight is 164 g/mol. The number of rotatable bonds is 4. The Kier molecular flexibility index (Phi) is 3.57. The molecule has 0 aromatic carbocycles. The van der Waals surface area contributed by atoms with E-state index in [2.05, 4.69) is 0 Å². The maximum atomic E-state index is 10.9. The number of carbonyl (C=O) groups excluding carboxylic acids is 1. The molecule has 0 fully saturated rings. The van der Waals surface area contributed by atoms with Gasteiger partial charge in [0.25, 0.3) is 0 Å². The number of hydrogen-bond acceptors (Lipinski definition) is 3. The zero-order chi connectivity index (χ0) is 8.20. The third-order valence-corrected chi connectivity index (χ3v) is 3.59. The van der Waals surface area contributed by atoms with E-state index in [1.54, 1.807) is 13.8 Å². The number of aldehydes is 1. The van der Waals surface area contributed by atoms with Crippen LogP contribution in [0.4, 0.5) is 0 Å². The highest BCUT2D eigenvalue weighted by Gasteiger charge is 2.19. The predicted octanol–water partition coefficient (Wildman–Crippen LogP) is 0.399. The first kappa shape index (κ1) is 9.62. The van der Waals surface area contributed by atoms with E-state index < -0.39 is 15.1 Å².